The molecule has 4 rings (SSSR count). The number of anilines is 1. The van der Waals surface area contributed by atoms with Gasteiger partial charge in [-0.1, -0.05) is 23.7 Å². The number of fused-ring (bicyclic) bond motifs is 1. The third-order valence-electron chi connectivity index (χ3n) is 4.74. The number of pyridine rings is 1. The molecule has 0 spiro atoms. The molecule has 28 heavy (non-hydrogen) atoms. The lowest BCUT2D eigenvalue weighted by Crippen LogP contribution is -2.17. The highest BCUT2D eigenvalue weighted by Crippen LogP contribution is 2.23. The van der Waals surface area contributed by atoms with Gasteiger partial charge in [-0.05, 0) is 50.6 Å². The number of benzene rings is 1. The van der Waals surface area contributed by atoms with Gasteiger partial charge in [-0.25, -0.2) is 4.68 Å². The second-order valence-corrected chi connectivity index (χ2v) is 7.08. The second-order valence-electron chi connectivity index (χ2n) is 6.67. The first-order valence-corrected chi connectivity index (χ1v) is 9.23. The largest absolute Gasteiger partial charge is 0.294 e. The number of carbonyl (C=O) groups is 1. The monoisotopic (exact) mass is 394 g/mol. The van der Waals surface area contributed by atoms with Crippen LogP contribution < -0.4 is 5.32 Å². The van der Waals surface area contributed by atoms with E-state index in [4.69, 9.17) is 11.6 Å². The highest BCUT2D eigenvalue weighted by atomic mass is 35.5. The van der Waals surface area contributed by atoms with Gasteiger partial charge in [0.1, 0.15) is 0 Å². The third kappa shape index (κ3) is 3.25. The summed E-state index contributed by atoms with van der Waals surface area (Å²) in [6, 6.07) is 11.4. The molecular weight excluding hydrogens is 376 g/mol. The van der Waals surface area contributed by atoms with Crippen molar-refractivity contribution >= 4 is 29.1 Å². The van der Waals surface area contributed by atoms with Gasteiger partial charge in [0.25, 0.3) is 0 Å². The predicted octanol–water partition coefficient (Wildman–Crippen LogP) is 3.67. The van der Waals surface area contributed by atoms with Gasteiger partial charge in [-0.3, -0.25) is 14.5 Å². The molecule has 4 aromatic rings. The Morgan fingerprint density at radius 2 is 1.96 bits per heavy atom. The normalized spacial score (nSPS) is 11.1. The maximum Gasteiger partial charge on any atom is 0.235 e. The van der Waals surface area contributed by atoms with E-state index in [1.807, 2.05) is 61.9 Å². The number of rotatable bonds is 4. The van der Waals surface area contributed by atoms with Crippen molar-refractivity contribution in [3.05, 3.63) is 70.1 Å². The van der Waals surface area contributed by atoms with Crippen LogP contribution in [0.4, 0.5) is 5.95 Å². The van der Waals surface area contributed by atoms with Crippen LogP contribution in [0.2, 0.25) is 5.02 Å². The first-order valence-electron chi connectivity index (χ1n) is 8.85. The molecular formula is C20H19ClN6O. The van der Waals surface area contributed by atoms with Crippen LogP contribution in [0, 0.1) is 20.8 Å². The van der Waals surface area contributed by atoms with Gasteiger partial charge in [0, 0.05) is 22.5 Å². The van der Waals surface area contributed by atoms with E-state index >= 15 is 0 Å². The Morgan fingerprint density at radius 3 is 2.75 bits per heavy atom. The van der Waals surface area contributed by atoms with Gasteiger partial charge in [0.15, 0.2) is 5.65 Å². The molecule has 0 unspecified atom stereocenters. The van der Waals surface area contributed by atoms with E-state index in [-0.39, 0.29) is 12.3 Å². The van der Waals surface area contributed by atoms with Crippen molar-refractivity contribution < 1.29 is 4.79 Å². The van der Waals surface area contributed by atoms with Crippen molar-refractivity contribution in [2.75, 3.05) is 5.32 Å². The zero-order chi connectivity index (χ0) is 19.8. The van der Waals surface area contributed by atoms with Gasteiger partial charge in [0.2, 0.25) is 11.9 Å². The van der Waals surface area contributed by atoms with Crippen molar-refractivity contribution in [3.63, 3.8) is 0 Å². The van der Waals surface area contributed by atoms with E-state index in [1.165, 1.54) is 0 Å². The van der Waals surface area contributed by atoms with Gasteiger partial charge < -0.3 is 0 Å². The number of aryl methyl sites for hydroxylation is 2. The van der Waals surface area contributed by atoms with E-state index in [0.29, 0.717) is 16.6 Å². The second kappa shape index (κ2) is 7.09. The van der Waals surface area contributed by atoms with Crippen LogP contribution in [0.5, 0.6) is 0 Å². The lowest BCUT2D eigenvalue weighted by Gasteiger charge is -2.07. The van der Waals surface area contributed by atoms with E-state index < -0.39 is 0 Å². The number of aromatic nitrogens is 5. The number of halogens is 1. The fourth-order valence-electron chi connectivity index (χ4n) is 3.15. The molecule has 0 atom stereocenters. The van der Waals surface area contributed by atoms with Crippen LogP contribution in [-0.4, -0.2) is 30.3 Å². The molecule has 0 radical (unpaired) electrons. The molecule has 3 heterocycles. The summed E-state index contributed by atoms with van der Waals surface area (Å²) in [6.45, 7) is 5.80. The topological polar surface area (TPSA) is 77.1 Å². The summed E-state index contributed by atoms with van der Waals surface area (Å²) in [4.78, 5) is 12.6. The maximum absolute atomic E-state index is 12.6. The molecule has 142 valence electrons. The summed E-state index contributed by atoms with van der Waals surface area (Å²) in [5.74, 6) is 0.222. The van der Waals surface area contributed by atoms with Crippen LogP contribution in [-0.2, 0) is 11.2 Å². The Morgan fingerprint density at radius 1 is 1.14 bits per heavy atom. The molecule has 1 aromatic carbocycles. The van der Waals surface area contributed by atoms with Gasteiger partial charge in [-0.15, -0.1) is 10.2 Å². The van der Waals surface area contributed by atoms with E-state index in [0.717, 1.165) is 28.2 Å². The molecule has 8 heteroatoms. The molecule has 7 nitrogen and oxygen atoms in total. The molecule has 0 fully saturated rings. The first kappa shape index (κ1) is 18.2. The molecule has 0 aliphatic carbocycles. The van der Waals surface area contributed by atoms with Crippen molar-refractivity contribution in [1.82, 2.24) is 24.4 Å². The smallest absolute Gasteiger partial charge is 0.235 e. The van der Waals surface area contributed by atoms with Crippen molar-refractivity contribution in [2.45, 2.75) is 27.2 Å². The number of amides is 1. The number of hydrogen-bond donors (Lipinski definition) is 1. The molecule has 0 saturated carbocycles. The SMILES string of the molecule is Cc1ccc(-n2nc(C)c(CC(=O)Nc3nnc4ccccn34)c2C)cc1Cl. The fraction of sp³-hybridized carbons (Fsp3) is 0.200. The van der Waals surface area contributed by atoms with Crippen molar-refractivity contribution in [2.24, 2.45) is 0 Å². The zero-order valence-electron chi connectivity index (χ0n) is 15.8. The van der Waals surface area contributed by atoms with Crippen LogP contribution in [0.15, 0.2) is 42.6 Å². The summed E-state index contributed by atoms with van der Waals surface area (Å²) in [5.41, 5.74) is 5.13. The summed E-state index contributed by atoms with van der Waals surface area (Å²) < 4.78 is 3.55. The minimum atomic E-state index is -0.175. The molecule has 0 aliphatic rings. The maximum atomic E-state index is 12.6. The average molecular weight is 395 g/mol. The molecule has 0 aliphatic heterocycles. The standard InChI is InChI=1S/C20H19ClN6O/c1-12-7-8-15(10-17(12)21)27-14(3)16(13(2)25-27)11-19(28)22-20-24-23-18-6-4-5-9-26(18)20/h4-10H,11H2,1-3H3,(H,22,24,28). The minimum Gasteiger partial charge on any atom is -0.294 e. The molecule has 1 amide bonds. The molecule has 3 aromatic heterocycles. The fourth-order valence-corrected chi connectivity index (χ4v) is 3.33. The van der Waals surface area contributed by atoms with E-state index in [2.05, 4.69) is 20.6 Å². The van der Waals surface area contributed by atoms with Crippen LogP contribution in [0.3, 0.4) is 0 Å². The van der Waals surface area contributed by atoms with E-state index in [9.17, 15) is 4.79 Å². The highest BCUT2D eigenvalue weighted by Gasteiger charge is 2.17. The Labute approximate surface area is 167 Å². The van der Waals surface area contributed by atoms with Gasteiger partial charge >= 0.3 is 0 Å². The molecule has 1 N–H and O–H groups in total. The van der Waals surface area contributed by atoms with Crippen molar-refractivity contribution in [3.8, 4) is 5.69 Å². The Balaban J connectivity index is 1.58. The summed E-state index contributed by atoms with van der Waals surface area (Å²) in [5, 5.41) is 16.2. The quantitative estimate of drug-likeness (QED) is 0.572. The number of hydrogen-bond acceptors (Lipinski definition) is 4. The number of nitrogens with one attached hydrogen (secondary N) is 1. The highest BCUT2D eigenvalue weighted by molar-refractivity contribution is 6.31. The summed E-state index contributed by atoms with van der Waals surface area (Å²) in [6.07, 6.45) is 2.00. The van der Waals surface area contributed by atoms with E-state index in [1.54, 1.807) is 10.6 Å². The minimum absolute atomic E-state index is 0.175. The zero-order valence-corrected chi connectivity index (χ0v) is 16.5. The lowest BCUT2D eigenvalue weighted by molar-refractivity contribution is -0.115. The first-order chi connectivity index (χ1) is 13.4. The Bertz CT molecular complexity index is 1190. The van der Waals surface area contributed by atoms with Gasteiger partial charge in [0.05, 0.1) is 17.8 Å². The number of carbonyl (C=O) groups excluding carboxylic acids is 1. The van der Waals surface area contributed by atoms with Crippen LogP contribution >= 0.6 is 11.6 Å². The Kier molecular flexibility index (Phi) is 4.60. The molecule has 0 bridgehead atoms. The summed E-state index contributed by atoms with van der Waals surface area (Å²) >= 11 is 6.25. The lowest BCUT2D eigenvalue weighted by atomic mass is 10.1. The van der Waals surface area contributed by atoms with Crippen LogP contribution in [0.25, 0.3) is 11.3 Å². The van der Waals surface area contributed by atoms with Gasteiger partial charge in [-0.2, -0.15) is 5.10 Å². The molecule has 0 saturated heterocycles. The number of nitrogens with zero attached hydrogens (tertiary/aromatic N) is 5. The Hall–Kier alpha value is -3.19. The predicted molar refractivity (Wildman–Crippen MR) is 108 cm³/mol. The average Bonchev–Trinajstić information content (AvgIpc) is 3.20. The van der Waals surface area contributed by atoms with Crippen molar-refractivity contribution in [1.29, 1.82) is 0 Å². The third-order valence-corrected chi connectivity index (χ3v) is 5.15. The summed E-state index contributed by atoms with van der Waals surface area (Å²) in [7, 11) is 0. The van der Waals surface area contributed by atoms with Crippen LogP contribution in [0.1, 0.15) is 22.5 Å².